The number of hydrogen-bond donors (Lipinski definition) is 1. The maximum absolute atomic E-state index is 13.0. The Balaban J connectivity index is 2.04. The Morgan fingerprint density at radius 3 is 2.29 bits per heavy atom. The van der Waals surface area contributed by atoms with Crippen LogP contribution in [0.2, 0.25) is 0 Å². The van der Waals surface area contributed by atoms with Gasteiger partial charge in [-0.1, -0.05) is 24.8 Å². The van der Waals surface area contributed by atoms with Crippen molar-refractivity contribution in [3.05, 3.63) is 83.4 Å². The summed E-state index contributed by atoms with van der Waals surface area (Å²) in [4.78, 5) is 39.2. The molecule has 1 heterocycles. The largest absolute Gasteiger partial charge is 0.507 e. The van der Waals surface area contributed by atoms with Gasteiger partial charge in [0.2, 0.25) is 0 Å². The number of esters is 1. The first-order valence-corrected chi connectivity index (χ1v) is 10.7. The summed E-state index contributed by atoms with van der Waals surface area (Å²) in [6, 6.07) is 12.1. The van der Waals surface area contributed by atoms with E-state index in [1.54, 1.807) is 61.7 Å². The molecule has 0 bridgehead atoms. The number of aliphatic hydroxyl groups excluding tert-OH is 1. The second kappa shape index (κ2) is 11.3. The minimum absolute atomic E-state index is 0.0204. The highest BCUT2D eigenvalue weighted by Crippen LogP contribution is 2.39. The zero-order valence-electron chi connectivity index (χ0n) is 19.2. The fraction of sp³-hybridized carbons (Fsp3) is 0.269. The maximum Gasteiger partial charge on any atom is 0.337 e. The average Bonchev–Trinajstić information content (AvgIpc) is 3.12. The molecule has 1 atom stereocenters. The molecule has 0 aliphatic carbocycles. The predicted molar refractivity (Wildman–Crippen MR) is 125 cm³/mol. The van der Waals surface area contributed by atoms with Crippen LogP contribution >= 0.6 is 0 Å². The van der Waals surface area contributed by atoms with E-state index in [1.807, 2.05) is 0 Å². The van der Waals surface area contributed by atoms with Gasteiger partial charge >= 0.3 is 5.97 Å². The minimum atomic E-state index is -0.819. The summed E-state index contributed by atoms with van der Waals surface area (Å²) >= 11 is 0. The summed E-state index contributed by atoms with van der Waals surface area (Å²) < 4.78 is 15.3. The zero-order chi connectivity index (χ0) is 24.7. The molecule has 8 heteroatoms. The van der Waals surface area contributed by atoms with Gasteiger partial charge in [-0.15, -0.1) is 0 Å². The summed E-state index contributed by atoms with van der Waals surface area (Å²) in [5, 5.41) is 11.1. The lowest BCUT2D eigenvalue weighted by Gasteiger charge is -2.25. The van der Waals surface area contributed by atoms with Crippen molar-refractivity contribution in [2.75, 3.05) is 34.0 Å². The molecule has 8 nitrogen and oxygen atoms in total. The Kier molecular flexibility index (Phi) is 8.21. The van der Waals surface area contributed by atoms with Crippen molar-refractivity contribution in [1.82, 2.24) is 4.90 Å². The van der Waals surface area contributed by atoms with E-state index < -0.39 is 23.7 Å². The van der Waals surface area contributed by atoms with Crippen LogP contribution in [0, 0.1) is 0 Å². The number of amides is 1. The SMILES string of the molecule is C=CCOc1ccc(C(O)=C2C(=O)C(=O)N(CCCOC)C2c2ccc(C(=O)OC)cc2)cc1. The fourth-order valence-electron chi connectivity index (χ4n) is 3.78. The molecule has 1 aliphatic heterocycles. The van der Waals surface area contributed by atoms with Crippen LogP contribution in [-0.2, 0) is 19.1 Å². The topological polar surface area (TPSA) is 102 Å². The lowest BCUT2D eigenvalue weighted by molar-refractivity contribution is -0.140. The molecule has 0 aromatic heterocycles. The number of ketones is 1. The van der Waals surface area contributed by atoms with Crippen molar-refractivity contribution in [3.63, 3.8) is 0 Å². The first-order chi connectivity index (χ1) is 16.4. The van der Waals surface area contributed by atoms with E-state index in [0.29, 0.717) is 42.1 Å². The van der Waals surface area contributed by atoms with Crippen LogP contribution in [0.25, 0.3) is 5.76 Å². The molecular formula is C26H27NO7. The van der Waals surface area contributed by atoms with E-state index in [0.717, 1.165) is 0 Å². The standard InChI is InChI=1S/C26H27NO7/c1-4-15-34-20-12-10-18(11-13-20)23(28)21-22(17-6-8-19(9-7-17)26(31)33-3)27(14-5-16-32-2)25(30)24(21)29/h4,6-13,22,28H,1,5,14-16H2,2-3H3. The highest BCUT2D eigenvalue weighted by Gasteiger charge is 2.45. The van der Waals surface area contributed by atoms with Crippen molar-refractivity contribution in [1.29, 1.82) is 0 Å². The Labute approximate surface area is 198 Å². The van der Waals surface area contributed by atoms with Gasteiger partial charge in [-0.2, -0.15) is 0 Å². The molecule has 1 saturated heterocycles. The normalized spacial score (nSPS) is 17.0. The molecule has 3 rings (SSSR count). The van der Waals surface area contributed by atoms with Crippen molar-refractivity contribution in [2.45, 2.75) is 12.5 Å². The van der Waals surface area contributed by atoms with Crippen molar-refractivity contribution < 1.29 is 33.7 Å². The number of benzene rings is 2. The van der Waals surface area contributed by atoms with Crippen molar-refractivity contribution >= 4 is 23.4 Å². The van der Waals surface area contributed by atoms with Crippen molar-refractivity contribution in [2.24, 2.45) is 0 Å². The minimum Gasteiger partial charge on any atom is -0.507 e. The first kappa shape index (κ1) is 24.7. The predicted octanol–water partition coefficient (Wildman–Crippen LogP) is 3.50. The van der Waals surface area contributed by atoms with Crippen LogP contribution in [0.4, 0.5) is 0 Å². The van der Waals surface area contributed by atoms with Crippen molar-refractivity contribution in [3.8, 4) is 5.75 Å². The van der Waals surface area contributed by atoms with Gasteiger partial charge in [0.25, 0.3) is 11.7 Å². The van der Waals surface area contributed by atoms with Gasteiger partial charge in [0.05, 0.1) is 24.3 Å². The smallest absolute Gasteiger partial charge is 0.337 e. The summed E-state index contributed by atoms with van der Waals surface area (Å²) in [5.74, 6) is -1.69. The van der Waals surface area contributed by atoms with E-state index in [9.17, 15) is 19.5 Å². The number of nitrogens with zero attached hydrogens (tertiary/aromatic N) is 1. The number of methoxy groups -OCH3 is 2. The van der Waals surface area contributed by atoms with Crippen LogP contribution in [0.5, 0.6) is 5.75 Å². The number of Topliss-reactive ketones (excluding diaryl/α,β-unsaturated/α-hetero) is 1. The van der Waals surface area contributed by atoms with Crippen LogP contribution in [0.15, 0.2) is 66.8 Å². The van der Waals surface area contributed by atoms with E-state index >= 15 is 0 Å². The molecule has 1 aliphatic rings. The third-order valence-corrected chi connectivity index (χ3v) is 5.43. The van der Waals surface area contributed by atoms with E-state index in [1.165, 1.54) is 12.0 Å². The summed E-state index contributed by atoms with van der Waals surface area (Å²) in [7, 11) is 2.84. The molecule has 178 valence electrons. The van der Waals surface area contributed by atoms with Gasteiger partial charge in [0, 0.05) is 25.8 Å². The second-order valence-corrected chi connectivity index (χ2v) is 7.58. The fourth-order valence-corrected chi connectivity index (χ4v) is 3.78. The summed E-state index contributed by atoms with van der Waals surface area (Å²) in [6.07, 6.45) is 2.13. The average molecular weight is 466 g/mol. The van der Waals surface area contributed by atoms with Gasteiger partial charge in [0.15, 0.2) is 0 Å². The summed E-state index contributed by atoms with van der Waals surface area (Å²) in [5.41, 5.74) is 1.26. The van der Waals surface area contributed by atoms with Crippen LogP contribution in [0.1, 0.15) is 33.9 Å². The van der Waals surface area contributed by atoms with Gasteiger partial charge in [-0.3, -0.25) is 9.59 Å². The Morgan fingerprint density at radius 2 is 1.71 bits per heavy atom. The van der Waals surface area contributed by atoms with Gasteiger partial charge in [-0.05, 0) is 48.4 Å². The highest BCUT2D eigenvalue weighted by atomic mass is 16.5. The van der Waals surface area contributed by atoms with E-state index in [2.05, 4.69) is 6.58 Å². The molecule has 1 fully saturated rings. The second-order valence-electron chi connectivity index (χ2n) is 7.58. The highest BCUT2D eigenvalue weighted by molar-refractivity contribution is 6.46. The number of carbonyl (C=O) groups excluding carboxylic acids is 3. The lowest BCUT2D eigenvalue weighted by Crippen LogP contribution is -2.31. The molecule has 1 unspecified atom stereocenters. The van der Waals surface area contributed by atoms with E-state index in [4.69, 9.17) is 14.2 Å². The van der Waals surface area contributed by atoms with Gasteiger partial charge < -0.3 is 24.2 Å². The Bertz CT molecular complexity index is 1090. The molecule has 34 heavy (non-hydrogen) atoms. The number of hydrogen-bond acceptors (Lipinski definition) is 7. The maximum atomic E-state index is 13.0. The van der Waals surface area contributed by atoms with E-state index in [-0.39, 0.29) is 17.9 Å². The lowest BCUT2D eigenvalue weighted by atomic mass is 9.94. The van der Waals surface area contributed by atoms with Gasteiger partial charge in [0.1, 0.15) is 18.1 Å². The number of likely N-dealkylation sites (tertiary alicyclic amines) is 1. The number of rotatable bonds is 10. The Morgan fingerprint density at radius 1 is 1.06 bits per heavy atom. The van der Waals surface area contributed by atoms with Crippen LogP contribution in [-0.4, -0.2) is 61.6 Å². The third-order valence-electron chi connectivity index (χ3n) is 5.43. The molecular weight excluding hydrogens is 438 g/mol. The van der Waals surface area contributed by atoms with Crippen LogP contribution < -0.4 is 4.74 Å². The molecule has 0 radical (unpaired) electrons. The quantitative estimate of drug-likeness (QED) is 0.143. The molecule has 2 aromatic carbocycles. The molecule has 1 amide bonds. The number of aliphatic hydroxyl groups is 1. The third kappa shape index (κ3) is 5.18. The monoisotopic (exact) mass is 465 g/mol. The zero-order valence-corrected chi connectivity index (χ0v) is 19.2. The molecule has 2 aromatic rings. The first-order valence-electron chi connectivity index (χ1n) is 10.7. The Hall–Kier alpha value is -3.91. The molecule has 0 saturated carbocycles. The van der Waals surface area contributed by atoms with Crippen LogP contribution in [0.3, 0.4) is 0 Å². The molecule has 1 N–H and O–H groups in total. The number of carbonyl (C=O) groups is 3. The van der Waals surface area contributed by atoms with Gasteiger partial charge in [-0.25, -0.2) is 4.79 Å². The number of ether oxygens (including phenoxy) is 3. The summed E-state index contributed by atoms with van der Waals surface area (Å²) in [6.45, 7) is 4.60. The molecule has 0 spiro atoms.